The lowest BCUT2D eigenvalue weighted by Gasteiger charge is -2.24. The van der Waals surface area contributed by atoms with Gasteiger partial charge in [-0.1, -0.05) is 13.0 Å². The molecule has 90 valence electrons. The van der Waals surface area contributed by atoms with E-state index in [1.165, 1.54) is 4.88 Å². The van der Waals surface area contributed by atoms with Crippen LogP contribution in [0.2, 0.25) is 0 Å². The van der Waals surface area contributed by atoms with E-state index >= 15 is 0 Å². The van der Waals surface area contributed by atoms with Gasteiger partial charge in [-0.05, 0) is 44.6 Å². The summed E-state index contributed by atoms with van der Waals surface area (Å²) in [4.78, 5) is 13.0. The molecule has 1 aromatic heterocycles. The van der Waals surface area contributed by atoms with E-state index in [4.69, 9.17) is 0 Å². The largest absolute Gasteiger partial charge is 0.351 e. The topological polar surface area (TPSA) is 29.1 Å². The summed E-state index contributed by atoms with van der Waals surface area (Å²) in [6, 6.07) is 4.18. The standard InChI is InChI=1S/C13H21NOS/c1-4-13(2,3)14-12(15)9-5-7-11-8-6-10-16-11/h6,8,10H,4-5,7,9H2,1-3H3,(H,14,15). The first-order valence-corrected chi connectivity index (χ1v) is 6.75. The van der Waals surface area contributed by atoms with Crippen molar-refractivity contribution < 1.29 is 4.79 Å². The Morgan fingerprint density at radius 2 is 2.25 bits per heavy atom. The van der Waals surface area contributed by atoms with Gasteiger partial charge in [0.2, 0.25) is 5.91 Å². The molecule has 0 atom stereocenters. The van der Waals surface area contributed by atoms with Gasteiger partial charge in [-0.15, -0.1) is 11.3 Å². The average molecular weight is 239 g/mol. The van der Waals surface area contributed by atoms with Crippen LogP contribution in [0.4, 0.5) is 0 Å². The van der Waals surface area contributed by atoms with Gasteiger partial charge >= 0.3 is 0 Å². The first-order chi connectivity index (χ1) is 7.53. The van der Waals surface area contributed by atoms with E-state index in [9.17, 15) is 4.79 Å². The van der Waals surface area contributed by atoms with Crippen LogP contribution in [-0.2, 0) is 11.2 Å². The SMILES string of the molecule is CCC(C)(C)NC(=O)CCCc1cccs1. The molecule has 0 unspecified atom stereocenters. The molecular weight excluding hydrogens is 218 g/mol. The molecule has 1 heterocycles. The number of nitrogens with one attached hydrogen (secondary N) is 1. The third-order valence-electron chi connectivity index (χ3n) is 2.77. The molecule has 1 N–H and O–H groups in total. The summed E-state index contributed by atoms with van der Waals surface area (Å²) in [5.41, 5.74) is -0.0694. The number of carbonyl (C=O) groups excluding carboxylic acids is 1. The number of hydrogen-bond acceptors (Lipinski definition) is 2. The van der Waals surface area contributed by atoms with E-state index < -0.39 is 0 Å². The maximum Gasteiger partial charge on any atom is 0.220 e. The van der Waals surface area contributed by atoms with Crippen LogP contribution in [0.1, 0.15) is 44.9 Å². The van der Waals surface area contributed by atoms with Gasteiger partial charge in [-0.3, -0.25) is 4.79 Å². The fourth-order valence-electron chi connectivity index (χ4n) is 1.41. The zero-order chi connectivity index (χ0) is 12.0. The monoisotopic (exact) mass is 239 g/mol. The molecule has 0 bridgehead atoms. The molecule has 0 saturated heterocycles. The molecule has 0 aliphatic carbocycles. The summed E-state index contributed by atoms with van der Waals surface area (Å²) in [5.74, 6) is 0.170. The van der Waals surface area contributed by atoms with Crippen molar-refractivity contribution in [3.63, 3.8) is 0 Å². The molecular formula is C13H21NOS. The number of amides is 1. The quantitative estimate of drug-likeness (QED) is 0.810. The van der Waals surface area contributed by atoms with E-state index in [-0.39, 0.29) is 11.4 Å². The van der Waals surface area contributed by atoms with Crippen LogP contribution >= 0.6 is 11.3 Å². The first kappa shape index (κ1) is 13.2. The van der Waals surface area contributed by atoms with Crippen LogP contribution in [0, 0.1) is 0 Å². The number of hydrogen-bond donors (Lipinski definition) is 1. The van der Waals surface area contributed by atoms with E-state index in [0.29, 0.717) is 6.42 Å². The third-order valence-corrected chi connectivity index (χ3v) is 3.70. The fourth-order valence-corrected chi connectivity index (χ4v) is 2.16. The van der Waals surface area contributed by atoms with Crippen LogP contribution in [0.15, 0.2) is 17.5 Å². The van der Waals surface area contributed by atoms with Crippen molar-refractivity contribution in [2.75, 3.05) is 0 Å². The fraction of sp³-hybridized carbons (Fsp3) is 0.615. The van der Waals surface area contributed by atoms with Crippen LogP contribution in [0.25, 0.3) is 0 Å². The van der Waals surface area contributed by atoms with Crippen molar-refractivity contribution >= 4 is 17.2 Å². The second-order valence-electron chi connectivity index (χ2n) is 4.72. The van der Waals surface area contributed by atoms with Gasteiger partial charge in [0.15, 0.2) is 0 Å². The van der Waals surface area contributed by atoms with E-state index in [1.54, 1.807) is 11.3 Å². The summed E-state index contributed by atoms with van der Waals surface area (Å²) in [6.07, 6.45) is 3.54. The molecule has 1 aromatic rings. The van der Waals surface area contributed by atoms with E-state index in [0.717, 1.165) is 19.3 Å². The number of aryl methyl sites for hydroxylation is 1. The van der Waals surface area contributed by atoms with Crippen molar-refractivity contribution in [2.45, 2.75) is 52.0 Å². The predicted molar refractivity (Wildman–Crippen MR) is 69.8 cm³/mol. The highest BCUT2D eigenvalue weighted by Crippen LogP contribution is 2.12. The Kier molecular flexibility index (Phi) is 5.00. The lowest BCUT2D eigenvalue weighted by atomic mass is 10.0. The van der Waals surface area contributed by atoms with Gasteiger partial charge in [0.1, 0.15) is 0 Å². The lowest BCUT2D eigenvalue weighted by molar-refractivity contribution is -0.122. The van der Waals surface area contributed by atoms with E-state index in [2.05, 4.69) is 43.6 Å². The van der Waals surface area contributed by atoms with Gasteiger partial charge in [0, 0.05) is 16.8 Å². The molecule has 0 aliphatic heterocycles. The Morgan fingerprint density at radius 3 is 2.81 bits per heavy atom. The van der Waals surface area contributed by atoms with E-state index in [1.807, 2.05) is 0 Å². The molecule has 0 fully saturated rings. The van der Waals surface area contributed by atoms with Gasteiger partial charge in [0.25, 0.3) is 0 Å². The highest BCUT2D eigenvalue weighted by atomic mass is 32.1. The Morgan fingerprint density at radius 1 is 1.50 bits per heavy atom. The Bertz CT molecular complexity index is 317. The summed E-state index contributed by atoms with van der Waals surface area (Å²) < 4.78 is 0. The maximum absolute atomic E-state index is 11.6. The molecule has 1 amide bonds. The van der Waals surface area contributed by atoms with Gasteiger partial charge in [0.05, 0.1) is 0 Å². The zero-order valence-corrected chi connectivity index (χ0v) is 11.2. The van der Waals surface area contributed by atoms with Gasteiger partial charge in [-0.25, -0.2) is 0 Å². The average Bonchev–Trinajstić information content (AvgIpc) is 2.70. The summed E-state index contributed by atoms with van der Waals surface area (Å²) in [5, 5.41) is 5.13. The predicted octanol–water partition coefficient (Wildman–Crippen LogP) is 3.38. The Labute approximate surface area is 102 Å². The minimum atomic E-state index is -0.0694. The van der Waals surface area contributed by atoms with Crippen molar-refractivity contribution in [1.29, 1.82) is 0 Å². The summed E-state index contributed by atoms with van der Waals surface area (Å²) in [6.45, 7) is 6.21. The van der Waals surface area contributed by atoms with Crippen LogP contribution in [0.3, 0.4) is 0 Å². The molecule has 3 heteroatoms. The Hall–Kier alpha value is -0.830. The first-order valence-electron chi connectivity index (χ1n) is 5.87. The molecule has 16 heavy (non-hydrogen) atoms. The smallest absolute Gasteiger partial charge is 0.220 e. The van der Waals surface area contributed by atoms with Crippen molar-refractivity contribution in [3.8, 4) is 0 Å². The number of carbonyl (C=O) groups is 1. The number of thiophene rings is 1. The number of rotatable bonds is 6. The highest BCUT2D eigenvalue weighted by molar-refractivity contribution is 7.09. The van der Waals surface area contributed by atoms with Crippen LogP contribution < -0.4 is 5.32 Å². The normalized spacial score (nSPS) is 11.4. The van der Waals surface area contributed by atoms with Gasteiger partial charge in [-0.2, -0.15) is 0 Å². The maximum atomic E-state index is 11.6. The lowest BCUT2D eigenvalue weighted by Crippen LogP contribution is -2.42. The third kappa shape index (κ3) is 4.79. The molecule has 1 rings (SSSR count). The highest BCUT2D eigenvalue weighted by Gasteiger charge is 2.17. The summed E-state index contributed by atoms with van der Waals surface area (Å²) >= 11 is 1.76. The second kappa shape index (κ2) is 6.04. The van der Waals surface area contributed by atoms with Gasteiger partial charge < -0.3 is 5.32 Å². The van der Waals surface area contributed by atoms with Crippen molar-refractivity contribution in [2.24, 2.45) is 0 Å². The summed E-state index contributed by atoms with van der Waals surface area (Å²) in [7, 11) is 0. The van der Waals surface area contributed by atoms with Crippen molar-refractivity contribution in [1.82, 2.24) is 5.32 Å². The van der Waals surface area contributed by atoms with Crippen LogP contribution in [0.5, 0.6) is 0 Å². The molecule has 0 spiro atoms. The van der Waals surface area contributed by atoms with Crippen molar-refractivity contribution in [3.05, 3.63) is 22.4 Å². The Balaban J connectivity index is 2.20. The molecule has 0 radical (unpaired) electrons. The molecule has 2 nitrogen and oxygen atoms in total. The molecule has 0 aromatic carbocycles. The second-order valence-corrected chi connectivity index (χ2v) is 5.75. The molecule has 0 saturated carbocycles. The molecule has 0 aliphatic rings. The minimum Gasteiger partial charge on any atom is -0.351 e. The zero-order valence-electron chi connectivity index (χ0n) is 10.4. The van der Waals surface area contributed by atoms with Crippen LogP contribution in [-0.4, -0.2) is 11.4 Å². The minimum absolute atomic E-state index is 0.0694.